The molecule has 9 aromatic carbocycles. The Morgan fingerprint density at radius 2 is 0.836 bits per heavy atom. The highest BCUT2D eigenvalue weighted by Gasteiger charge is 2.19. The van der Waals surface area contributed by atoms with Gasteiger partial charge in [-0.05, 0) is 99.8 Å². The fraction of sp³-hybridized carbons (Fsp3) is 0. The van der Waals surface area contributed by atoms with Gasteiger partial charge in [0, 0.05) is 49.8 Å². The van der Waals surface area contributed by atoms with Crippen LogP contribution in [-0.2, 0) is 0 Å². The van der Waals surface area contributed by atoms with Crippen molar-refractivity contribution in [3.8, 4) is 33.6 Å². The number of rotatable bonds is 4. The molecule has 0 aliphatic heterocycles. The zero-order valence-electron chi connectivity index (χ0n) is 29.8. The van der Waals surface area contributed by atoms with Crippen molar-refractivity contribution in [3.05, 3.63) is 194 Å². The Bertz CT molecular complexity index is 3470. The molecule has 12 rings (SSSR count). The van der Waals surface area contributed by atoms with Crippen molar-refractivity contribution in [2.24, 2.45) is 0 Å². The number of nitrogens with zero attached hydrogens (tertiary/aromatic N) is 2. The fourth-order valence-electron chi connectivity index (χ4n) is 8.88. The van der Waals surface area contributed by atoms with Crippen LogP contribution in [0.2, 0.25) is 0 Å². The normalized spacial score (nSPS) is 12.0. The van der Waals surface area contributed by atoms with Crippen molar-refractivity contribution in [3.63, 3.8) is 0 Å². The third-order valence-corrected chi connectivity index (χ3v) is 11.5. The lowest BCUT2D eigenvalue weighted by Gasteiger charge is -2.11. The molecule has 3 heterocycles. The van der Waals surface area contributed by atoms with Crippen LogP contribution in [0.5, 0.6) is 0 Å². The standard InChI is InChI=1S/C52H32N2O/c1-2-10-33(11-3-1)35-18-23-39(24-19-35)53-49-27-22-38(30-44(49)45-31-46-42-15-7-9-17-51(42)55-52(46)32-50(45)53)37-21-26-48-43(29-37)41-14-6-8-16-47(41)54(48)40-25-20-34-12-4-5-13-36(34)28-40/h1-32H. The second kappa shape index (κ2) is 11.6. The van der Waals surface area contributed by atoms with Gasteiger partial charge in [-0.25, -0.2) is 0 Å². The molecule has 12 aromatic rings. The summed E-state index contributed by atoms with van der Waals surface area (Å²) in [5, 5.41) is 9.67. The molecule has 0 aliphatic carbocycles. The third kappa shape index (κ3) is 4.57. The van der Waals surface area contributed by atoms with Crippen LogP contribution in [0.15, 0.2) is 199 Å². The number of para-hydroxylation sites is 2. The van der Waals surface area contributed by atoms with E-state index in [0.29, 0.717) is 0 Å². The van der Waals surface area contributed by atoms with E-state index >= 15 is 0 Å². The minimum Gasteiger partial charge on any atom is -0.456 e. The summed E-state index contributed by atoms with van der Waals surface area (Å²) in [6, 6.07) is 70.4. The van der Waals surface area contributed by atoms with Crippen LogP contribution in [0.4, 0.5) is 0 Å². The lowest BCUT2D eigenvalue weighted by molar-refractivity contribution is 0.669. The smallest absolute Gasteiger partial charge is 0.137 e. The summed E-state index contributed by atoms with van der Waals surface area (Å²) >= 11 is 0. The third-order valence-electron chi connectivity index (χ3n) is 11.5. The predicted octanol–water partition coefficient (Wildman–Crippen LogP) is 14.3. The minimum absolute atomic E-state index is 0.896. The van der Waals surface area contributed by atoms with E-state index in [9.17, 15) is 0 Å². The molecular weight excluding hydrogens is 669 g/mol. The maximum Gasteiger partial charge on any atom is 0.137 e. The maximum absolute atomic E-state index is 6.43. The molecule has 3 nitrogen and oxygen atoms in total. The zero-order valence-corrected chi connectivity index (χ0v) is 29.8. The van der Waals surface area contributed by atoms with E-state index in [2.05, 4.69) is 197 Å². The van der Waals surface area contributed by atoms with Gasteiger partial charge in [-0.15, -0.1) is 0 Å². The molecule has 0 aliphatic rings. The van der Waals surface area contributed by atoms with Gasteiger partial charge >= 0.3 is 0 Å². The first kappa shape index (κ1) is 30.1. The topological polar surface area (TPSA) is 23.0 Å². The van der Waals surface area contributed by atoms with Crippen LogP contribution in [0.25, 0.3) is 110 Å². The molecule has 0 fully saturated rings. The molecule has 0 saturated heterocycles. The highest BCUT2D eigenvalue weighted by molar-refractivity contribution is 6.18. The van der Waals surface area contributed by atoms with E-state index < -0.39 is 0 Å². The van der Waals surface area contributed by atoms with Crippen molar-refractivity contribution >= 4 is 76.3 Å². The number of furan rings is 1. The molecule has 0 unspecified atom stereocenters. The lowest BCUT2D eigenvalue weighted by atomic mass is 10.00. The van der Waals surface area contributed by atoms with Gasteiger partial charge in [-0.1, -0.05) is 121 Å². The minimum atomic E-state index is 0.896. The summed E-state index contributed by atoms with van der Waals surface area (Å²) in [5.74, 6) is 0. The van der Waals surface area contributed by atoms with Crippen LogP contribution in [0, 0.1) is 0 Å². The van der Waals surface area contributed by atoms with E-state index in [1.165, 1.54) is 71.3 Å². The van der Waals surface area contributed by atoms with Crippen molar-refractivity contribution in [2.75, 3.05) is 0 Å². The SMILES string of the molecule is c1ccc(-c2ccc(-n3c4ccc(-c5ccc6c(c5)c5ccccc5n6-c5ccc6ccccc6c5)cc4c4cc5c(cc43)oc3ccccc35)cc2)cc1. The first-order valence-electron chi connectivity index (χ1n) is 18.8. The molecule has 0 atom stereocenters. The summed E-state index contributed by atoms with van der Waals surface area (Å²) in [6.45, 7) is 0. The van der Waals surface area contributed by atoms with E-state index in [1.807, 2.05) is 6.07 Å². The fourth-order valence-corrected chi connectivity index (χ4v) is 8.88. The zero-order chi connectivity index (χ0) is 36.0. The van der Waals surface area contributed by atoms with Crippen molar-refractivity contribution in [1.82, 2.24) is 9.13 Å². The second-order valence-corrected chi connectivity index (χ2v) is 14.6. The first-order chi connectivity index (χ1) is 27.2. The van der Waals surface area contributed by atoms with Gasteiger partial charge in [0.05, 0.1) is 22.1 Å². The van der Waals surface area contributed by atoms with Crippen LogP contribution >= 0.6 is 0 Å². The first-order valence-corrected chi connectivity index (χ1v) is 18.8. The number of hydrogen-bond acceptors (Lipinski definition) is 1. The molecular formula is C52H32N2O. The Balaban J connectivity index is 1.06. The maximum atomic E-state index is 6.43. The number of fused-ring (bicyclic) bond motifs is 10. The quantitative estimate of drug-likeness (QED) is 0.179. The van der Waals surface area contributed by atoms with Gasteiger partial charge in [0.1, 0.15) is 11.2 Å². The van der Waals surface area contributed by atoms with Gasteiger partial charge in [0.15, 0.2) is 0 Å². The lowest BCUT2D eigenvalue weighted by Crippen LogP contribution is -1.94. The van der Waals surface area contributed by atoms with Gasteiger partial charge in [-0.3, -0.25) is 0 Å². The van der Waals surface area contributed by atoms with E-state index in [1.54, 1.807) is 0 Å². The number of benzene rings is 9. The molecule has 55 heavy (non-hydrogen) atoms. The molecule has 3 aromatic heterocycles. The summed E-state index contributed by atoms with van der Waals surface area (Å²) in [4.78, 5) is 0. The van der Waals surface area contributed by atoms with E-state index in [4.69, 9.17) is 4.42 Å². The van der Waals surface area contributed by atoms with Gasteiger partial charge in [0.25, 0.3) is 0 Å². The molecule has 0 bridgehead atoms. The molecule has 0 radical (unpaired) electrons. The average Bonchev–Trinajstić information content (AvgIpc) is 3.89. The molecule has 256 valence electrons. The van der Waals surface area contributed by atoms with Crippen molar-refractivity contribution in [2.45, 2.75) is 0 Å². The van der Waals surface area contributed by atoms with Crippen molar-refractivity contribution in [1.29, 1.82) is 0 Å². The Labute approximate surface area is 316 Å². The summed E-state index contributed by atoms with van der Waals surface area (Å²) in [7, 11) is 0. The van der Waals surface area contributed by atoms with Crippen LogP contribution in [-0.4, -0.2) is 9.13 Å². The predicted molar refractivity (Wildman–Crippen MR) is 231 cm³/mol. The molecule has 0 N–H and O–H groups in total. The van der Waals surface area contributed by atoms with Gasteiger partial charge < -0.3 is 13.6 Å². The Hall–Kier alpha value is -7.36. The second-order valence-electron chi connectivity index (χ2n) is 14.6. The van der Waals surface area contributed by atoms with Gasteiger partial charge in [-0.2, -0.15) is 0 Å². The van der Waals surface area contributed by atoms with Gasteiger partial charge in [0.2, 0.25) is 0 Å². The molecule has 0 amide bonds. The summed E-state index contributed by atoms with van der Waals surface area (Å²) in [5.41, 5.74) is 13.6. The monoisotopic (exact) mass is 700 g/mol. The average molecular weight is 701 g/mol. The molecule has 0 saturated carbocycles. The van der Waals surface area contributed by atoms with E-state index in [-0.39, 0.29) is 0 Å². The number of hydrogen-bond donors (Lipinski definition) is 0. The summed E-state index contributed by atoms with van der Waals surface area (Å²) in [6.07, 6.45) is 0. The van der Waals surface area contributed by atoms with Crippen molar-refractivity contribution < 1.29 is 4.42 Å². The van der Waals surface area contributed by atoms with Crippen LogP contribution in [0.1, 0.15) is 0 Å². The largest absolute Gasteiger partial charge is 0.456 e. The number of aromatic nitrogens is 2. The Morgan fingerprint density at radius 3 is 1.64 bits per heavy atom. The highest BCUT2D eigenvalue weighted by Crippen LogP contribution is 2.41. The van der Waals surface area contributed by atoms with Crippen LogP contribution in [0.3, 0.4) is 0 Å². The van der Waals surface area contributed by atoms with Crippen LogP contribution < -0.4 is 0 Å². The Morgan fingerprint density at radius 1 is 0.273 bits per heavy atom. The van der Waals surface area contributed by atoms with E-state index in [0.717, 1.165) is 38.7 Å². The summed E-state index contributed by atoms with van der Waals surface area (Å²) < 4.78 is 11.2. The molecule has 0 spiro atoms. The highest BCUT2D eigenvalue weighted by atomic mass is 16.3. The Kier molecular flexibility index (Phi) is 6.34. The molecule has 3 heteroatoms.